The summed E-state index contributed by atoms with van der Waals surface area (Å²) in [7, 11) is 0. The van der Waals surface area contributed by atoms with Crippen LogP contribution in [0.15, 0.2) is 36.0 Å². The van der Waals surface area contributed by atoms with E-state index in [1.807, 2.05) is 0 Å². The quantitative estimate of drug-likeness (QED) is 0.701. The zero-order chi connectivity index (χ0) is 12.1. The maximum Gasteiger partial charge on any atom is 0.304 e. The van der Waals surface area contributed by atoms with Crippen molar-refractivity contribution in [1.29, 1.82) is 0 Å². The largest absolute Gasteiger partial charge is 0.481 e. The molecule has 1 aliphatic carbocycles. The van der Waals surface area contributed by atoms with Gasteiger partial charge >= 0.3 is 5.97 Å². The van der Waals surface area contributed by atoms with Crippen LogP contribution in [0.2, 0.25) is 0 Å². The first-order chi connectivity index (χ1) is 7.52. The Morgan fingerprint density at radius 3 is 2.62 bits per heavy atom. The summed E-state index contributed by atoms with van der Waals surface area (Å²) in [6.07, 6.45) is 5.36. The molecule has 0 heterocycles. The Kier molecular flexibility index (Phi) is 4.50. The molecule has 0 aliphatic heterocycles. The van der Waals surface area contributed by atoms with Crippen molar-refractivity contribution in [2.45, 2.75) is 38.1 Å². The molecule has 0 aromatic heterocycles. The van der Waals surface area contributed by atoms with Gasteiger partial charge in [-0.05, 0) is 31.3 Å². The number of aliphatic carboxylic acids is 1. The van der Waals surface area contributed by atoms with E-state index in [1.165, 1.54) is 11.1 Å². The highest BCUT2D eigenvalue weighted by Gasteiger charge is 2.16. The van der Waals surface area contributed by atoms with E-state index in [9.17, 15) is 4.79 Å². The highest BCUT2D eigenvalue weighted by molar-refractivity contribution is 5.67. The lowest BCUT2D eigenvalue weighted by atomic mass is 9.98. The maximum absolute atomic E-state index is 10.5. The number of hydrogen-bond acceptors (Lipinski definition) is 2. The number of rotatable bonds is 5. The van der Waals surface area contributed by atoms with E-state index in [-0.39, 0.29) is 12.5 Å². The van der Waals surface area contributed by atoms with E-state index in [4.69, 9.17) is 10.8 Å². The number of nitrogens with two attached hydrogens (primary N) is 1. The van der Waals surface area contributed by atoms with Crippen LogP contribution in [0.1, 0.15) is 32.1 Å². The lowest BCUT2D eigenvalue weighted by Crippen LogP contribution is -2.24. The molecular weight excluding hydrogens is 202 g/mol. The van der Waals surface area contributed by atoms with Crippen LogP contribution in [-0.4, -0.2) is 17.1 Å². The van der Waals surface area contributed by atoms with Crippen LogP contribution in [0, 0.1) is 0 Å². The molecule has 88 valence electrons. The molecule has 1 fully saturated rings. The van der Waals surface area contributed by atoms with Gasteiger partial charge < -0.3 is 10.8 Å². The first-order valence-corrected chi connectivity index (χ1v) is 5.50. The van der Waals surface area contributed by atoms with Gasteiger partial charge in [0.2, 0.25) is 0 Å². The third-order valence-corrected chi connectivity index (χ3v) is 2.86. The minimum Gasteiger partial charge on any atom is -0.481 e. The number of carboxylic acids is 1. The van der Waals surface area contributed by atoms with Crippen molar-refractivity contribution in [3.63, 3.8) is 0 Å². The summed E-state index contributed by atoms with van der Waals surface area (Å²) >= 11 is 0. The van der Waals surface area contributed by atoms with E-state index < -0.39 is 5.97 Å². The fourth-order valence-electron chi connectivity index (χ4n) is 2.03. The Bertz CT molecular complexity index is 342. The van der Waals surface area contributed by atoms with E-state index in [1.54, 1.807) is 6.08 Å². The second kappa shape index (κ2) is 5.66. The summed E-state index contributed by atoms with van der Waals surface area (Å²) in [6, 6.07) is -0.327. The van der Waals surface area contributed by atoms with E-state index >= 15 is 0 Å². The molecule has 1 rings (SSSR count). The van der Waals surface area contributed by atoms with E-state index in [0.717, 1.165) is 24.8 Å². The van der Waals surface area contributed by atoms with Crippen LogP contribution in [0.3, 0.4) is 0 Å². The first-order valence-electron chi connectivity index (χ1n) is 5.50. The normalized spacial score (nSPS) is 20.7. The summed E-state index contributed by atoms with van der Waals surface area (Å²) in [4.78, 5) is 10.5. The molecule has 1 saturated carbocycles. The topological polar surface area (TPSA) is 63.3 Å². The molecule has 16 heavy (non-hydrogen) atoms. The van der Waals surface area contributed by atoms with Crippen molar-refractivity contribution < 1.29 is 9.90 Å². The Hall–Kier alpha value is -1.35. The van der Waals surface area contributed by atoms with Crippen molar-refractivity contribution >= 4 is 5.97 Å². The summed E-state index contributed by atoms with van der Waals surface area (Å²) in [6.45, 7) is 7.73. The standard InChI is InChI=1S/C13H19NO2/c1-3-10(7-12(14)8-13(15)16)11-5-4-9(2)6-11/h3,12H,1-2,4-8,14H2,(H,15,16)/b11-10+. The van der Waals surface area contributed by atoms with Crippen LogP contribution >= 0.6 is 0 Å². The van der Waals surface area contributed by atoms with E-state index in [2.05, 4.69) is 13.2 Å². The maximum atomic E-state index is 10.5. The SMILES string of the molecule is C=C/C(CC(N)CC(=O)O)=C1/CCC(=C)C1. The number of hydrogen-bond donors (Lipinski definition) is 2. The molecule has 0 saturated heterocycles. The van der Waals surface area contributed by atoms with Crippen LogP contribution in [-0.2, 0) is 4.79 Å². The fourth-order valence-corrected chi connectivity index (χ4v) is 2.03. The van der Waals surface area contributed by atoms with Crippen molar-refractivity contribution in [2.75, 3.05) is 0 Å². The molecule has 1 atom stereocenters. The monoisotopic (exact) mass is 221 g/mol. The lowest BCUT2D eigenvalue weighted by molar-refractivity contribution is -0.137. The van der Waals surface area contributed by atoms with Gasteiger partial charge in [0.05, 0.1) is 6.42 Å². The average Bonchev–Trinajstić information content (AvgIpc) is 2.60. The average molecular weight is 221 g/mol. The molecule has 3 nitrogen and oxygen atoms in total. The molecule has 0 aromatic carbocycles. The Balaban J connectivity index is 2.65. The molecule has 0 radical (unpaired) electrons. The predicted molar refractivity (Wildman–Crippen MR) is 65.1 cm³/mol. The molecule has 0 bridgehead atoms. The first kappa shape index (κ1) is 12.7. The van der Waals surface area contributed by atoms with Crippen LogP contribution in [0.5, 0.6) is 0 Å². The van der Waals surface area contributed by atoms with Crippen LogP contribution in [0.25, 0.3) is 0 Å². The van der Waals surface area contributed by atoms with Gasteiger partial charge in [-0.15, -0.1) is 0 Å². The van der Waals surface area contributed by atoms with E-state index in [0.29, 0.717) is 6.42 Å². The van der Waals surface area contributed by atoms with Gasteiger partial charge in [0.25, 0.3) is 0 Å². The van der Waals surface area contributed by atoms with Crippen molar-refractivity contribution in [3.8, 4) is 0 Å². The Labute approximate surface area is 96.3 Å². The molecule has 0 amide bonds. The highest BCUT2D eigenvalue weighted by atomic mass is 16.4. The third kappa shape index (κ3) is 3.66. The Morgan fingerprint density at radius 2 is 2.19 bits per heavy atom. The van der Waals surface area contributed by atoms with Gasteiger partial charge in [-0.3, -0.25) is 4.79 Å². The molecule has 0 aromatic rings. The smallest absolute Gasteiger partial charge is 0.304 e. The summed E-state index contributed by atoms with van der Waals surface area (Å²) in [5.74, 6) is -0.850. The predicted octanol–water partition coefficient (Wildman–Crippen LogP) is 2.40. The summed E-state index contributed by atoms with van der Waals surface area (Å²) in [5.41, 5.74) is 9.43. The minimum absolute atomic E-state index is 0.00552. The molecule has 3 N–H and O–H groups in total. The number of carbonyl (C=O) groups is 1. The zero-order valence-corrected chi connectivity index (χ0v) is 9.54. The second-order valence-electron chi connectivity index (χ2n) is 4.32. The van der Waals surface area contributed by atoms with Crippen molar-refractivity contribution in [2.24, 2.45) is 5.73 Å². The van der Waals surface area contributed by atoms with Crippen LogP contribution < -0.4 is 5.73 Å². The van der Waals surface area contributed by atoms with Crippen molar-refractivity contribution in [1.82, 2.24) is 0 Å². The van der Waals surface area contributed by atoms with Gasteiger partial charge in [-0.25, -0.2) is 0 Å². The Morgan fingerprint density at radius 1 is 1.50 bits per heavy atom. The van der Waals surface area contributed by atoms with Crippen molar-refractivity contribution in [3.05, 3.63) is 36.0 Å². The number of allylic oxidation sites excluding steroid dienone is 3. The molecule has 0 spiro atoms. The van der Waals surface area contributed by atoms with Gasteiger partial charge in [0.15, 0.2) is 0 Å². The molecular formula is C13H19NO2. The second-order valence-corrected chi connectivity index (χ2v) is 4.32. The third-order valence-electron chi connectivity index (χ3n) is 2.86. The van der Waals surface area contributed by atoms with Gasteiger partial charge in [-0.1, -0.05) is 30.4 Å². The number of carboxylic acid groups (broad SMARTS) is 1. The summed E-state index contributed by atoms with van der Waals surface area (Å²) in [5, 5.41) is 8.64. The van der Waals surface area contributed by atoms with Crippen LogP contribution in [0.4, 0.5) is 0 Å². The lowest BCUT2D eigenvalue weighted by Gasteiger charge is -2.12. The molecule has 1 aliphatic rings. The minimum atomic E-state index is -0.850. The van der Waals surface area contributed by atoms with Gasteiger partial charge in [0.1, 0.15) is 0 Å². The van der Waals surface area contributed by atoms with Gasteiger partial charge in [0, 0.05) is 6.04 Å². The molecule has 1 unspecified atom stereocenters. The fraction of sp³-hybridized carbons (Fsp3) is 0.462. The van der Waals surface area contributed by atoms with Gasteiger partial charge in [-0.2, -0.15) is 0 Å². The zero-order valence-electron chi connectivity index (χ0n) is 9.54. The molecule has 3 heteroatoms. The highest BCUT2D eigenvalue weighted by Crippen LogP contribution is 2.32. The summed E-state index contributed by atoms with van der Waals surface area (Å²) < 4.78 is 0.